The van der Waals surface area contributed by atoms with E-state index < -0.39 is 0 Å². The normalized spacial score (nSPS) is 10.2. The summed E-state index contributed by atoms with van der Waals surface area (Å²) >= 11 is 0. The van der Waals surface area contributed by atoms with E-state index in [2.05, 4.69) is 5.32 Å². The Balaban J connectivity index is 1.61. The van der Waals surface area contributed by atoms with Crippen LogP contribution < -0.4 is 10.1 Å². The number of para-hydroxylation sites is 3. The van der Waals surface area contributed by atoms with Crippen LogP contribution in [0.5, 0.6) is 11.5 Å². The van der Waals surface area contributed by atoms with Crippen molar-refractivity contribution in [3.63, 3.8) is 0 Å². The van der Waals surface area contributed by atoms with Gasteiger partial charge in [-0.05, 0) is 42.0 Å². The predicted octanol–water partition coefficient (Wildman–Crippen LogP) is 4.22. The number of rotatable bonds is 5. The van der Waals surface area contributed by atoms with Gasteiger partial charge in [-0.3, -0.25) is 4.79 Å². The molecular formula is C20H17NO3. The molecule has 3 rings (SSSR count). The van der Waals surface area contributed by atoms with E-state index >= 15 is 0 Å². The second-order valence-corrected chi connectivity index (χ2v) is 5.27. The lowest BCUT2D eigenvalue weighted by molar-refractivity contribution is 0.102. The van der Waals surface area contributed by atoms with Gasteiger partial charge in [-0.15, -0.1) is 0 Å². The van der Waals surface area contributed by atoms with Crippen LogP contribution in [-0.4, -0.2) is 11.0 Å². The van der Waals surface area contributed by atoms with Gasteiger partial charge in [-0.2, -0.15) is 0 Å². The molecule has 0 aromatic heterocycles. The van der Waals surface area contributed by atoms with Crippen LogP contribution in [-0.2, 0) is 6.61 Å². The Morgan fingerprint density at radius 3 is 2.25 bits per heavy atom. The van der Waals surface area contributed by atoms with Crippen LogP contribution in [0.1, 0.15) is 15.9 Å². The van der Waals surface area contributed by atoms with Gasteiger partial charge in [-0.25, -0.2) is 0 Å². The number of aromatic hydroxyl groups is 1. The molecule has 2 N–H and O–H groups in total. The molecular weight excluding hydrogens is 302 g/mol. The molecule has 0 saturated carbocycles. The van der Waals surface area contributed by atoms with E-state index in [0.717, 1.165) is 11.3 Å². The molecule has 0 spiro atoms. The highest BCUT2D eigenvalue weighted by atomic mass is 16.5. The van der Waals surface area contributed by atoms with Gasteiger partial charge in [0.25, 0.3) is 5.91 Å². The summed E-state index contributed by atoms with van der Waals surface area (Å²) in [7, 11) is 0. The van der Waals surface area contributed by atoms with Crippen LogP contribution in [0.4, 0.5) is 5.69 Å². The first kappa shape index (κ1) is 15.6. The monoisotopic (exact) mass is 319 g/mol. The molecule has 4 nitrogen and oxygen atoms in total. The van der Waals surface area contributed by atoms with Crippen LogP contribution in [0.2, 0.25) is 0 Å². The van der Waals surface area contributed by atoms with E-state index in [4.69, 9.17) is 4.74 Å². The van der Waals surface area contributed by atoms with Gasteiger partial charge in [-0.1, -0.05) is 42.5 Å². The lowest BCUT2D eigenvalue weighted by Crippen LogP contribution is -2.12. The highest BCUT2D eigenvalue weighted by Gasteiger charge is 2.08. The maximum Gasteiger partial charge on any atom is 0.255 e. The number of ether oxygens (including phenoxy) is 1. The van der Waals surface area contributed by atoms with Gasteiger partial charge in [0.2, 0.25) is 0 Å². The molecule has 0 atom stereocenters. The van der Waals surface area contributed by atoms with Crippen LogP contribution in [0.25, 0.3) is 0 Å². The van der Waals surface area contributed by atoms with Gasteiger partial charge in [0.1, 0.15) is 18.1 Å². The number of nitrogens with one attached hydrogen (secondary N) is 1. The topological polar surface area (TPSA) is 58.6 Å². The average Bonchev–Trinajstić information content (AvgIpc) is 2.63. The maximum absolute atomic E-state index is 12.2. The highest BCUT2D eigenvalue weighted by Crippen LogP contribution is 2.22. The first-order valence-corrected chi connectivity index (χ1v) is 7.58. The largest absolute Gasteiger partial charge is 0.506 e. The summed E-state index contributed by atoms with van der Waals surface area (Å²) in [5.41, 5.74) is 1.87. The van der Waals surface area contributed by atoms with Crippen molar-refractivity contribution in [2.24, 2.45) is 0 Å². The average molecular weight is 319 g/mol. The Morgan fingerprint density at radius 1 is 0.875 bits per heavy atom. The molecule has 0 aliphatic rings. The summed E-state index contributed by atoms with van der Waals surface area (Å²) in [6, 6.07) is 23.4. The lowest BCUT2D eigenvalue weighted by Gasteiger charge is -2.08. The summed E-state index contributed by atoms with van der Waals surface area (Å²) in [4.78, 5) is 12.2. The second kappa shape index (κ2) is 7.33. The van der Waals surface area contributed by atoms with Gasteiger partial charge in [0, 0.05) is 5.56 Å². The Labute approximate surface area is 140 Å². The molecule has 0 aliphatic heterocycles. The minimum absolute atomic E-state index is 0.0405. The minimum atomic E-state index is -0.271. The Hall–Kier alpha value is -3.27. The summed E-state index contributed by atoms with van der Waals surface area (Å²) in [6.45, 7) is 0.436. The van der Waals surface area contributed by atoms with E-state index in [0.29, 0.717) is 17.9 Å². The van der Waals surface area contributed by atoms with Crippen LogP contribution in [0.3, 0.4) is 0 Å². The molecule has 0 bridgehead atoms. The highest BCUT2D eigenvalue weighted by molar-refractivity contribution is 6.04. The van der Waals surface area contributed by atoms with E-state index in [-0.39, 0.29) is 11.7 Å². The number of phenols is 1. The number of amides is 1. The van der Waals surface area contributed by atoms with E-state index in [1.54, 1.807) is 30.3 Å². The van der Waals surface area contributed by atoms with Crippen molar-refractivity contribution in [2.45, 2.75) is 6.61 Å². The van der Waals surface area contributed by atoms with Gasteiger partial charge >= 0.3 is 0 Å². The molecule has 3 aromatic rings. The fraction of sp³-hybridized carbons (Fsp3) is 0.0500. The van der Waals surface area contributed by atoms with Crippen LogP contribution in [0.15, 0.2) is 78.9 Å². The van der Waals surface area contributed by atoms with Crippen molar-refractivity contribution in [3.05, 3.63) is 90.0 Å². The van der Waals surface area contributed by atoms with Crippen molar-refractivity contribution in [1.82, 2.24) is 0 Å². The summed E-state index contributed by atoms with van der Waals surface area (Å²) < 4.78 is 5.67. The number of hydrogen-bond acceptors (Lipinski definition) is 3. The van der Waals surface area contributed by atoms with Crippen LogP contribution >= 0.6 is 0 Å². The Bertz CT molecular complexity index is 814. The van der Waals surface area contributed by atoms with Crippen molar-refractivity contribution in [1.29, 1.82) is 0 Å². The fourth-order valence-corrected chi connectivity index (χ4v) is 2.21. The minimum Gasteiger partial charge on any atom is -0.506 e. The first-order chi connectivity index (χ1) is 11.7. The standard InChI is InChI=1S/C20H17NO3/c22-19-9-5-4-8-18(19)21-20(23)16-12-10-15(11-13-16)14-24-17-6-2-1-3-7-17/h1-13,22H,14H2,(H,21,23). The molecule has 3 aromatic carbocycles. The van der Waals surface area contributed by atoms with Crippen molar-refractivity contribution in [3.8, 4) is 11.5 Å². The maximum atomic E-state index is 12.2. The molecule has 4 heteroatoms. The van der Waals surface area contributed by atoms with Gasteiger partial charge in [0.15, 0.2) is 0 Å². The summed E-state index contributed by atoms with van der Waals surface area (Å²) in [5.74, 6) is 0.574. The zero-order valence-corrected chi connectivity index (χ0v) is 13.0. The van der Waals surface area contributed by atoms with Gasteiger partial charge < -0.3 is 15.2 Å². The Morgan fingerprint density at radius 2 is 1.54 bits per heavy atom. The smallest absolute Gasteiger partial charge is 0.255 e. The number of anilines is 1. The molecule has 1 amide bonds. The quantitative estimate of drug-likeness (QED) is 0.692. The summed E-state index contributed by atoms with van der Waals surface area (Å²) in [6.07, 6.45) is 0. The molecule has 24 heavy (non-hydrogen) atoms. The third-order valence-corrected chi connectivity index (χ3v) is 3.52. The van der Waals surface area contributed by atoms with Crippen LogP contribution in [0, 0.1) is 0 Å². The number of benzene rings is 3. The molecule has 0 saturated heterocycles. The third kappa shape index (κ3) is 3.93. The van der Waals surface area contributed by atoms with Crippen molar-refractivity contribution in [2.75, 3.05) is 5.32 Å². The Kier molecular flexibility index (Phi) is 4.77. The number of carbonyl (C=O) groups is 1. The predicted molar refractivity (Wildman–Crippen MR) is 93.3 cm³/mol. The number of hydrogen-bond donors (Lipinski definition) is 2. The van der Waals surface area contributed by atoms with E-state index in [1.165, 1.54) is 6.07 Å². The van der Waals surface area contributed by atoms with Crippen molar-refractivity contribution >= 4 is 11.6 Å². The number of phenolic OH excluding ortho intramolecular Hbond substituents is 1. The SMILES string of the molecule is O=C(Nc1ccccc1O)c1ccc(COc2ccccc2)cc1. The fourth-order valence-electron chi connectivity index (χ4n) is 2.21. The molecule has 0 unspecified atom stereocenters. The third-order valence-electron chi connectivity index (χ3n) is 3.52. The first-order valence-electron chi connectivity index (χ1n) is 7.58. The van der Waals surface area contributed by atoms with E-state index in [1.807, 2.05) is 42.5 Å². The summed E-state index contributed by atoms with van der Waals surface area (Å²) in [5, 5.41) is 12.4. The molecule has 120 valence electrons. The van der Waals surface area contributed by atoms with Gasteiger partial charge in [0.05, 0.1) is 5.69 Å². The molecule has 0 heterocycles. The van der Waals surface area contributed by atoms with Crippen molar-refractivity contribution < 1.29 is 14.6 Å². The molecule has 0 fully saturated rings. The molecule has 0 aliphatic carbocycles. The zero-order valence-electron chi connectivity index (χ0n) is 13.0. The zero-order chi connectivity index (χ0) is 16.8. The number of carbonyl (C=O) groups excluding carboxylic acids is 1. The van der Waals surface area contributed by atoms with E-state index in [9.17, 15) is 9.90 Å². The lowest BCUT2D eigenvalue weighted by atomic mass is 10.1. The molecule has 0 radical (unpaired) electrons. The second-order valence-electron chi connectivity index (χ2n) is 5.27.